The van der Waals surface area contributed by atoms with Gasteiger partial charge in [0.05, 0.1) is 0 Å². The van der Waals surface area contributed by atoms with Crippen LogP contribution in [0.2, 0.25) is 0 Å². The molecule has 0 spiro atoms. The summed E-state index contributed by atoms with van der Waals surface area (Å²) in [5.41, 5.74) is 5.44. The summed E-state index contributed by atoms with van der Waals surface area (Å²) < 4.78 is 0. The Balaban J connectivity index is 2.94. The number of aromatic nitrogens is 2. The van der Waals surface area contributed by atoms with Crippen molar-refractivity contribution in [1.82, 2.24) is 9.97 Å². The van der Waals surface area contributed by atoms with Crippen molar-refractivity contribution in [3.63, 3.8) is 0 Å². The second kappa shape index (κ2) is 4.90. The molecule has 0 bridgehead atoms. The predicted octanol–water partition coefficient (Wildman–Crippen LogP) is -0.00170. The Hall–Kier alpha value is -1.98. The van der Waals surface area contributed by atoms with Gasteiger partial charge >= 0.3 is 0 Å². The van der Waals surface area contributed by atoms with Crippen LogP contribution in [0.1, 0.15) is 12.7 Å². The van der Waals surface area contributed by atoms with Gasteiger partial charge in [0, 0.05) is 6.20 Å². The van der Waals surface area contributed by atoms with Crippen molar-refractivity contribution in [3.8, 4) is 0 Å². The molecule has 0 saturated carbocycles. The maximum Gasteiger partial charge on any atom is 0.187 e. The minimum absolute atomic E-state index is 0.0270. The maximum atomic E-state index is 10.6. The quantitative estimate of drug-likeness (QED) is 0.414. The molecular weight excluding hydrogens is 184 g/mol. The molecule has 14 heavy (non-hydrogen) atoms. The first-order valence-electron chi connectivity index (χ1n) is 4.02. The number of hydrogen-bond donors (Lipinski definition) is 1. The molecule has 1 aromatic rings. The second-order valence-electron chi connectivity index (χ2n) is 2.32. The molecule has 0 unspecified atom stereocenters. The van der Waals surface area contributed by atoms with Gasteiger partial charge in [-0.3, -0.25) is 4.79 Å². The van der Waals surface area contributed by atoms with Gasteiger partial charge in [-0.2, -0.15) is 0 Å². The van der Waals surface area contributed by atoms with Crippen LogP contribution in [-0.2, 0) is 9.63 Å². The van der Waals surface area contributed by atoms with Crippen LogP contribution in [0.5, 0.6) is 0 Å². The molecule has 6 heteroatoms. The monoisotopic (exact) mass is 194 g/mol. The first kappa shape index (κ1) is 10.1. The zero-order valence-corrected chi connectivity index (χ0v) is 7.67. The molecule has 0 aliphatic rings. The van der Waals surface area contributed by atoms with E-state index in [4.69, 9.17) is 10.6 Å². The SMILES string of the molecule is CCON=C(C=O)c1nccc(N)n1. The molecule has 0 aromatic carbocycles. The normalized spacial score (nSPS) is 11.1. The molecule has 1 heterocycles. The number of aldehydes is 1. The summed E-state index contributed by atoms with van der Waals surface area (Å²) in [6.07, 6.45) is 1.97. The lowest BCUT2D eigenvalue weighted by Gasteiger charge is -1.98. The average molecular weight is 194 g/mol. The molecule has 0 radical (unpaired) electrons. The molecule has 1 aromatic heterocycles. The molecule has 0 aliphatic heterocycles. The molecule has 2 N–H and O–H groups in total. The van der Waals surface area contributed by atoms with Crippen molar-refractivity contribution in [2.45, 2.75) is 6.92 Å². The first-order chi connectivity index (χ1) is 6.77. The van der Waals surface area contributed by atoms with Crippen molar-refractivity contribution in [2.75, 3.05) is 12.3 Å². The number of carbonyl (C=O) groups is 1. The lowest BCUT2D eigenvalue weighted by atomic mass is 10.4. The Morgan fingerprint density at radius 3 is 3.14 bits per heavy atom. The highest BCUT2D eigenvalue weighted by molar-refractivity contribution is 6.34. The number of nitrogens with zero attached hydrogens (tertiary/aromatic N) is 3. The topological polar surface area (TPSA) is 90.5 Å². The number of hydrogen-bond acceptors (Lipinski definition) is 6. The van der Waals surface area contributed by atoms with Crippen LogP contribution in [0.25, 0.3) is 0 Å². The van der Waals surface area contributed by atoms with Gasteiger partial charge in [-0.05, 0) is 13.0 Å². The molecule has 6 nitrogen and oxygen atoms in total. The van der Waals surface area contributed by atoms with Crippen LogP contribution in [-0.4, -0.2) is 28.6 Å². The fourth-order valence-electron chi connectivity index (χ4n) is 0.745. The summed E-state index contributed by atoms with van der Waals surface area (Å²) in [6.45, 7) is 2.13. The van der Waals surface area contributed by atoms with Crippen LogP contribution >= 0.6 is 0 Å². The van der Waals surface area contributed by atoms with Gasteiger partial charge in [-0.25, -0.2) is 9.97 Å². The highest BCUT2D eigenvalue weighted by Crippen LogP contribution is 1.97. The smallest absolute Gasteiger partial charge is 0.187 e. The van der Waals surface area contributed by atoms with Crippen molar-refractivity contribution in [1.29, 1.82) is 0 Å². The summed E-state index contributed by atoms with van der Waals surface area (Å²) in [5, 5.41) is 3.54. The zero-order valence-electron chi connectivity index (χ0n) is 7.67. The van der Waals surface area contributed by atoms with Crippen LogP contribution in [0.15, 0.2) is 17.4 Å². The van der Waals surface area contributed by atoms with Crippen LogP contribution in [0.4, 0.5) is 5.82 Å². The van der Waals surface area contributed by atoms with Gasteiger partial charge in [0.2, 0.25) is 0 Å². The fraction of sp³-hybridized carbons (Fsp3) is 0.250. The summed E-state index contributed by atoms with van der Waals surface area (Å²) >= 11 is 0. The third kappa shape index (κ3) is 2.51. The van der Waals surface area contributed by atoms with E-state index in [9.17, 15) is 4.79 Å². The lowest BCUT2D eigenvalue weighted by molar-refractivity contribution is -0.102. The zero-order chi connectivity index (χ0) is 10.4. The van der Waals surface area contributed by atoms with Crippen LogP contribution < -0.4 is 5.73 Å². The van der Waals surface area contributed by atoms with E-state index in [2.05, 4.69) is 15.1 Å². The number of nitrogen functional groups attached to an aromatic ring is 1. The molecule has 74 valence electrons. The van der Waals surface area contributed by atoms with Gasteiger partial charge in [0.15, 0.2) is 17.8 Å². The summed E-state index contributed by atoms with van der Waals surface area (Å²) in [7, 11) is 0. The fourth-order valence-corrected chi connectivity index (χ4v) is 0.745. The summed E-state index contributed by atoms with van der Waals surface area (Å²) in [6, 6.07) is 1.52. The van der Waals surface area contributed by atoms with Gasteiger partial charge in [-0.15, -0.1) is 0 Å². The van der Waals surface area contributed by atoms with E-state index in [-0.39, 0.29) is 17.4 Å². The minimum atomic E-state index is 0.0270. The van der Waals surface area contributed by atoms with Crippen LogP contribution in [0.3, 0.4) is 0 Å². The number of anilines is 1. The highest BCUT2D eigenvalue weighted by Gasteiger charge is 2.06. The summed E-state index contributed by atoms with van der Waals surface area (Å²) in [5.74, 6) is 0.439. The Kier molecular flexibility index (Phi) is 3.54. The number of rotatable bonds is 4. The van der Waals surface area contributed by atoms with E-state index >= 15 is 0 Å². The average Bonchev–Trinajstić information content (AvgIpc) is 2.19. The van der Waals surface area contributed by atoms with E-state index in [1.807, 2.05) is 0 Å². The van der Waals surface area contributed by atoms with E-state index < -0.39 is 0 Å². The Morgan fingerprint density at radius 1 is 1.79 bits per heavy atom. The van der Waals surface area contributed by atoms with E-state index in [1.54, 1.807) is 6.92 Å². The van der Waals surface area contributed by atoms with Gasteiger partial charge in [0.25, 0.3) is 0 Å². The third-order valence-electron chi connectivity index (χ3n) is 1.31. The molecular formula is C8H10N4O2. The molecule has 0 amide bonds. The van der Waals surface area contributed by atoms with Crippen molar-refractivity contribution in [2.24, 2.45) is 5.16 Å². The molecule has 0 atom stereocenters. The standard InChI is InChI=1S/C8H10N4O2/c1-2-14-12-6(5-13)8-10-4-3-7(9)11-8/h3-5H,2H2,1H3,(H2,9,10,11). The molecule has 1 rings (SSSR count). The lowest BCUT2D eigenvalue weighted by Crippen LogP contribution is -2.10. The van der Waals surface area contributed by atoms with Crippen LogP contribution in [0, 0.1) is 0 Å². The van der Waals surface area contributed by atoms with Crippen molar-refractivity contribution in [3.05, 3.63) is 18.1 Å². The van der Waals surface area contributed by atoms with E-state index in [1.165, 1.54) is 12.3 Å². The van der Waals surface area contributed by atoms with E-state index in [0.29, 0.717) is 12.9 Å². The molecule has 0 fully saturated rings. The minimum Gasteiger partial charge on any atom is -0.395 e. The van der Waals surface area contributed by atoms with E-state index in [0.717, 1.165) is 0 Å². The maximum absolute atomic E-state index is 10.6. The van der Waals surface area contributed by atoms with Crippen molar-refractivity contribution >= 4 is 17.8 Å². The number of oxime groups is 1. The second-order valence-corrected chi connectivity index (χ2v) is 2.32. The first-order valence-corrected chi connectivity index (χ1v) is 4.02. The highest BCUT2D eigenvalue weighted by atomic mass is 16.6. The Labute approximate surface area is 80.8 Å². The van der Waals surface area contributed by atoms with Crippen molar-refractivity contribution < 1.29 is 9.63 Å². The predicted molar refractivity (Wildman–Crippen MR) is 50.7 cm³/mol. The summed E-state index contributed by atoms with van der Waals surface area (Å²) in [4.78, 5) is 23.0. The number of carbonyl (C=O) groups excluding carboxylic acids is 1. The Bertz CT molecular complexity index is 351. The number of nitrogens with two attached hydrogens (primary N) is 1. The Morgan fingerprint density at radius 2 is 2.57 bits per heavy atom. The molecule has 0 saturated heterocycles. The van der Waals surface area contributed by atoms with Gasteiger partial charge in [0.1, 0.15) is 12.4 Å². The molecule has 0 aliphatic carbocycles. The van der Waals surface area contributed by atoms with Gasteiger partial charge < -0.3 is 10.6 Å². The largest absolute Gasteiger partial charge is 0.395 e. The van der Waals surface area contributed by atoms with Gasteiger partial charge in [-0.1, -0.05) is 5.16 Å². The third-order valence-corrected chi connectivity index (χ3v) is 1.31.